The van der Waals surface area contributed by atoms with E-state index in [2.05, 4.69) is 20.3 Å². The zero-order chi connectivity index (χ0) is 25.4. The molecule has 1 N–H and O–H groups in total. The van der Waals surface area contributed by atoms with Gasteiger partial charge in [0.25, 0.3) is 5.56 Å². The molecular weight excluding hydrogens is 520 g/mol. The average molecular weight is 545 g/mol. The van der Waals surface area contributed by atoms with Gasteiger partial charge >= 0.3 is 0 Å². The number of hydrogen-bond donors (Lipinski definition) is 1. The third-order valence-electron chi connectivity index (χ3n) is 5.81. The fourth-order valence-electron chi connectivity index (χ4n) is 4.07. The maximum absolute atomic E-state index is 13.4. The van der Waals surface area contributed by atoms with Crippen LogP contribution in [-0.2, 0) is 21.4 Å². The smallest absolute Gasteiger partial charge is 0.275 e. The Labute approximate surface area is 215 Å². The lowest BCUT2D eigenvalue weighted by molar-refractivity contribution is -0.114. The summed E-state index contributed by atoms with van der Waals surface area (Å²) < 4.78 is 29.5. The van der Waals surface area contributed by atoms with E-state index in [1.807, 2.05) is 24.4 Å². The third-order valence-corrected chi connectivity index (χ3v) is 9.70. The van der Waals surface area contributed by atoms with Gasteiger partial charge in [0, 0.05) is 45.7 Å². The molecule has 0 atom stereocenters. The fraction of sp³-hybridized carbons (Fsp3) is 0.304. The number of rotatable bonds is 6. The first kappa shape index (κ1) is 24.7. The largest absolute Gasteiger partial charge is 0.325 e. The normalized spacial score (nSPS) is 15.4. The summed E-state index contributed by atoms with van der Waals surface area (Å²) in [6.45, 7) is 5.16. The van der Waals surface area contributed by atoms with Crippen LogP contribution in [0, 0.1) is 6.92 Å². The first-order valence-corrected chi connectivity index (χ1v) is 14.4. The van der Waals surface area contributed by atoms with Crippen molar-refractivity contribution in [2.75, 3.05) is 31.5 Å². The third kappa shape index (κ3) is 4.97. The van der Waals surface area contributed by atoms with Gasteiger partial charge in [-0.05, 0) is 36.1 Å². The molecule has 3 aromatic heterocycles. The van der Waals surface area contributed by atoms with Gasteiger partial charge in [-0.1, -0.05) is 23.5 Å². The molecule has 1 amide bonds. The molecule has 1 aliphatic rings. The quantitative estimate of drug-likeness (QED) is 0.397. The number of carbonyl (C=O) groups is 1. The molecule has 5 rings (SSSR count). The van der Waals surface area contributed by atoms with Crippen molar-refractivity contribution in [3.05, 3.63) is 63.4 Å². The van der Waals surface area contributed by atoms with Gasteiger partial charge in [-0.15, -0.1) is 11.3 Å². The standard InChI is InChI=1S/C23H24N6O4S3/c1-15-5-6-18(24-16(2)30)20(12-15)36(32,33)28-9-7-27(8-10-28)14-17-13-21(31)29-23(25-17)35-22(26-29)19-4-3-11-34-19/h3-6,11-13H,7-10,14H2,1-2H3,(H,24,30). The minimum Gasteiger partial charge on any atom is -0.325 e. The van der Waals surface area contributed by atoms with Crippen LogP contribution in [0.4, 0.5) is 5.69 Å². The van der Waals surface area contributed by atoms with Crippen LogP contribution in [0.3, 0.4) is 0 Å². The van der Waals surface area contributed by atoms with Gasteiger partial charge < -0.3 is 5.32 Å². The van der Waals surface area contributed by atoms with Crippen LogP contribution in [0.5, 0.6) is 0 Å². The lowest BCUT2D eigenvalue weighted by atomic mass is 10.2. The first-order valence-electron chi connectivity index (χ1n) is 11.2. The molecule has 188 valence electrons. The van der Waals surface area contributed by atoms with Gasteiger partial charge in [0.1, 0.15) is 4.90 Å². The Balaban J connectivity index is 1.30. The van der Waals surface area contributed by atoms with Crippen molar-refractivity contribution in [1.29, 1.82) is 0 Å². The van der Waals surface area contributed by atoms with Crippen molar-refractivity contribution in [1.82, 2.24) is 23.8 Å². The van der Waals surface area contributed by atoms with Crippen molar-refractivity contribution < 1.29 is 13.2 Å². The molecule has 1 saturated heterocycles. The Kier molecular flexibility index (Phi) is 6.74. The molecule has 1 fully saturated rings. The Morgan fingerprint density at radius 1 is 1.14 bits per heavy atom. The second-order valence-corrected chi connectivity index (χ2v) is 12.3. The second kappa shape index (κ2) is 9.82. The van der Waals surface area contributed by atoms with Gasteiger partial charge in [-0.3, -0.25) is 14.5 Å². The van der Waals surface area contributed by atoms with Crippen molar-refractivity contribution in [2.45, 2.75) is 25.3 Å². The maximum atomic E-state index is 13.4. The van der Waals surface area contributed by atoms with Gasteiger partial charge in [0.2, 0.25) is 20.9 Å². The molecule has 36 heavy (non-hydrogen) atoms. The van der Waals surface area contributed by atoms with Crippen LogP contribution in [0.2, 0.25) is 0 Å². The molecule has 13 heteroatoms. The van der Waals surface area contributed by atoms with E-state index in [1.165, 1.54) is 33.1 Å². The number of aryl methyl sites for hydroxylation is 1. The van der Waals surface area contributed by atoms with Gasteiger partial charge in [-0.25, -0.2) is 13.4 Å². The van der Waals surface area contributed by atoms with E-state index in [-0.39, 0.29) is 22.0 Å². The number of benzene rings is 1. The van der Waals surface area contributed by atoms with Crippen molar-refractivity contribution >= 4 is 49.3 Å². The number of aromatic nitrogens is 3. The van der Waals surface area contributed by atoms with E-state index in [9.17, 15) is 18.0 Å². The minimum absolute atomic E-state index is 0.0954. The van der Waals surface area contributed by atoms with Crippen molar-refractivity contribution in [3.8, 4) is 9.88 Å². The van der Waals surface area contributed by atoms with Gasteiger partial charge in [0.05, 0.1) is 16.3 Å². The summed E-state index contributed by atoms with van der Waals surface area (Å²) >= 11 is 2.93. The topological polar surface area (TPSA) is 117 Å². The van der Waals surface area contributed by atoms with Gasteiger partial charge in [0.15, 0.2) is 5.01 Å². The zero-order valence-corrected chi connectivity index (χ0v) is 22.1. The minimum atomic E-state index is -3.79. The molecule has 4 heterocycles. The van der Waals surface area contributed by atoms with E-state index in [0.29, 0.717) is 43.4 Å². The summed E-state index contributed by atoms with van der Waals surface area (Å²) in [7, 11) is -3.79. The summed E-state index contributed by atoms with van der Waals surface area (Å²) in [5.74, 6) is -0.330. The lowest BCUT2D eigenvalue weighted by Gasteiger charge is -2.34. The molecule has 0 unspecified atom stereocenters. The first-order chi connectivity index (χ1) is 17.2. The van der Waals surface area contributed by atoms with E-state index < -0.39 is 10.0 Å². The Morgan fingerprint density at radius 3 is 2.61 bits per heavy atom. The van der Waals surface area contributed by atoms with E-state index >= 15 is 0 Å². The molecule has 0 bridgehead atoms. The number of amides is 1. The number of hydrogen-bond acceptors (Lipinski definition) is 9. The summed E-state index contributed by atoms with van der Waals surface area (Å²) in [4.78, 5) is 32.5. The SMILES string of the molecule is CC(=O)Nc1ccc(C)cc1S(=O)(=O)N1CCN(Cc2cc(=O)n3nc(-c4cccs4)sc3n2)CC1. The average Bonchev–Trinajstić information content (AvgIpc) is 3.50. The highest BCUT2D eigenvalue weighted by molar-refractivity contribution is 7.89. The number of nitrogens with zero attached hydrogens (tertiary/aromatic N) is 5. The monoisotopic (exact) mass is 544 g/mol. The molecule has 1 aliphatic heterocycles. The fourth-order valence-corrected chi connectivity index (χ4v) is 7.44. The number of fused-ring (bicyclic) bond motifs is 1. The lowest BCUT2D eigenvalue weighted by Crippen LogP contribution is -2.48. The number of piperazine rings is 1. The highest BCUT2D eigenvalue weighted by Gasteiger charge is 2.31. The molecular formula is C23H24N6O4S3. The number of sulfonamides is 1. The zero-order valence-electron chi connectivity index (χ0n) is 19.7. The van der Waals surface area contributed by atoms with Crippen LogP contribution in [0.25, 0.3) is 14.8 Å². The van der Waals surface area contributed by atoms with Crippen LogP contribution >= 0.6 is 22.7 Å². The van der Waals surface area contributed by atoms with E-state index in [4.69, 9.17) is 0 Å². The maximum Gasteiger partial charge on any atom is 0.275 e. The van der Waals surface area contributed by atoms with Gasteiger partial charge in [-0.2, -0.15) is 13.9 Å². The Hall–Kier alpha value is -2.97. The van der Waals surface area contributed by atoms with Crippen molar-refractivity contribution in [2.24, 2.45) is 0 Å². The Morgan fingerprint density at radius 2 is 1.92 bits per heavy atom. The molecule has 0 aliphatic carbocycles. The number of thiophene rings is 1. The van der Waals surface area contributed by atoms with Crippen LogP contribution in [0.15, 0.2) is 51.5 Å². The number of nitrogens with one attached hydrogen (secondary N) is 1. The number of anilines is 1. The van der Waals surface area contributed by atoms with E-state index in [1.54, 1.807) is 29.5 Å². The van der Waals surface area contributed by atoms with Crippen LogP contribution in [0.1, 0.15) is 18.2 Å². The highest BCUT2D eigenvalue weighted by Crippen LogP contribution is 2.29. The molecule has 0 radical (unpaired) electrons. The predicted octanol–water partition coefficient (Wildman–Crippen LogP) is 2.65. The van der Waals surface area contributed by atoms with Crippen molar-refractivity contribution in [3.63, 3.8) is 0 Å². The van der Waals surface area contributed by atoms with Crippen LogP contribution in [-0.4, -0.2) is 64.3 Å². The Bertz CT molecular complexity index is 1590. The molecule has 1 aromatic carbocycles. The highest BCUT2D eigenvalue weighted by atomic mass is 32.2. The van der Waals surface area contributed by atoms with E-state index in [0.717, 1.165) is 15.4 Å². The molecule has 10 nitrogen and oxygen atoms in total. The summed E-state index contributed by atoms with van der Waals surface area (Å²) in [5.41, 5.74) is 1.46. The second-order valence-electron chi connectivity index (χ2n) is 8.53. The molecule has 0 spiro atoms. The molecule has 0 saturated carbocycles. The van der Waals surface area contributed by atoms with Crippen LogP contribution < -0.4 is 10.9 Å². The number of carbonyl (C=O) groups excluding carboxylic acids is 1. The summed E-state index contributed by atoms with van der Waals surface area (Å²) in [5, 5.41) is 9.73. The summed E-state index contributed by atoms with van der Waals surface area (Å²) in [6, 6.07) is 10.3. The summed E-state index contributed by atoms with van der Waals surface area (Å²) in [6.07, 6.45) is 0. The predicted molar refractivity (Wildman–Crippen MR) is 140 cm³/mol. The molecule has 4 aromatic rings.